The molecule has 3 saturated carbocycles. The third kappa shape index (κ3) is 1.66. The summed E-state index contributed by atoms with van der Waals surface area (Å²) in [4.78, 5) is 12.7. The Morgan fingerprint density at radius 1 is 1.25 bits per heavy atom. The van der Waals surface area contributed by atoms with E-state index < -0.39 is 5.41 Å². The second-order valence-electron chi connectivity index (χ2n) is 8.53. The highest BCUT2D eigenvalue weighted by molar-refractivity contribution is 5.87. The van der Waals surface area contributed by atoms with Crippen LogP contribution in [-0.4, -0.2) is 11.9 Å². The highest BCUT2D eigenvalue weighted by atomic mass is 16.2. The van der Waals surface area contributed by atoms with Crippen molar-refractivity contribution >= 4 is 5.91 Å². The van der Waals surface area contributed by atoms with Crippen LogP contribution in [0.15, 0.2) is 0 Å². The normalized spacial score (nSPS) is 48.5. The highest BCUT2D eigenvalue weighted by Gasteiger charge is 2.61. The van der Waals surface area contributed by atoms with Crippen LogP contribution in [0.2, 0.25) is 0 Å². The van der Waals surface area contributed by atoms with Crippen molar-refractivity contribution in [2.45, 2.75) is 65.8 Å². The SMILES string of the molecule is CC1CC(C#N)(C(=O)NC2C3(C)CCC(C3)C2(C)C)C1. The van der Waals surface area contributed by atoms with Gasteiger partial charge in [0.25, 0.3) is 0 Å². The maximum absolute atomic E-state index is 12.7. The topological polar surface area (TPSA) is 52.9 Å². The molecule has 1 N–H and O–H groups in total. The number of carbonyl (C=O) groups excluding carboxylic acids is 1. The summed E-state index contributed by atoms with van der Waals surface area (Å²) in [5.74, 6) is 1.21. The van der Waals surface area contributed by atoms with Gasteiger partial charge < -0.3 is 5.32 Å². The average molecular weight is 274 g/mol. The Labute approximate surface area is 122 Å². The van der Waals surface area contributed by atoms with E-state index in [1.807, 2.05) is 0 Å². The molecule has 1 amide bonds. The molecular weight excluding hydrogens is 248 g/mol. The molecule has 2 bridgehead atoms. The Kier molecular flexibility index (Phi) is 2.78. The zero-order valence-corrected chi connectivity index (χ0v) is 13.1. The van der Waals surface area contributed by atoms with E-state index in [1.165, 1.54) is 19.3 Å². The number of nitrogens with zero attached hydrogens (tertiary/aromatic N) is 1. The smallest absolute Gasteiger partial charge is 0.240 e. The number of hydrogen-bond acceptors (Lipinski definition) is 2. The lowest BCUT2D eigenvalue weighted by Gasteiger charge is -2.46. The minimum atomic E-state index is -0.742. The Morgan fingerprint density at radius 3 is 2.35 bits per heavy atom. The lowest BCUT2D eigenvalue weighted by atomic mass is 9.62. The van der Waals surface area contributed by atoms with Gasteiger partial charge in [-0.15, -0.1) is 0 Å². The fraction of sp³-hybridized carbons (Fsp3) is 0.882. The van der Waals surface area contributed by atoms with Crippen LogP contribution in [0.4, 0.5) is 0 Å². The van der Waals surface area contributed by atoms with E-state index >= 15 is 0 Å². The first-order valence-corrected chi connectivity index (χ1v) is 7.96. The Balaban J connectivity index is 1.78. The molecule has 110 valence electrons. The number of carbonyl (C=O) groups is 1. The fourth-order valence-corrected chi connectivity index (χ4v) is 5.39. The largest absolute Gasteiger partial charge is 0.351 e. The van der Waals surface area contributed by atoms with E-state index in [9.17, 15) is 10.1 Å². The molecule has 20 heavy (non-hydrogen) atoms. The summed E-state index contributed by atoms with van der Waals surface area (Å²) in [6, 6.07) is 2.52. The van der Waals surface area contributed by atoms with Crippen LogP contribution in [-0.2, 0) is 4.79 Å². The molecule has 3 aliphatic carbocycles. The van der Waals surface area contributed by atoms with Crippen LogP contribution in [0.25, 0.3) is 0 Å². The molecule has 3 heteroatoms. The van der Waals surface area contributed by atoms with Gasteiger partial charge in [0, 0.05) is 6.04 Å². The number of nitrogens with one attached hydrogen (secondary N) is 1. The van der Waals surface area contributed by atoms with Crippen LogP contribution in [0.1, 0.15) is 59.8 Å². The Bertz CT molecular complexity index is 479. The van der Waals surface area contributed by atoms with Crippen molar-refractivity contribution in [2.75, 3.05) is 0 Å². The summed E-state index contributed by atoms with van der Waals surface area (Å²) >= 11 is 0. The van der Waals surface area contributed by atoms with Crippen LogP contribution >= 0.6 is 0 Å². The third-order valence-electron chi connectivity index (χ3n) is 6.59. The van der Waals surface area contributed by atoms with E-state index in [0.717, 1.165) is 18.8 Å². The number of nitriles is 1. The lowest BCUT2D eigenvalue weighted by Crippen LogP contribution is -2.58. The minimum Gasteiger partial charge on any atom is -0.351 e. The molecule has 3 atom stereocenters. The summed E-state index contributed by atoms with van der Waals surface area (Å²) in [6.45, 7) is 9.01. The van der Waals surface area contributed by atoms with Gasteiger partial charge in [-0.25, -0.2) is 0 Å². The van der Waals surface area contributed by atoms with Gasteiger partial charge >= 0.3 is 0 Å². The standard InChI is InChI=1S/C17H26N2O/c1-11-7-17(8-11,10-18)14(20)19-13-15(2,3)12-5-6-16(13,4)9-12/h11-13H,5-9H2,1-4H3,(H,19,20). The van der Waals surface area contributed by atoms with E-state index in [-0.39, 0.29) is 22.8 Å². The quantitative estimate of drug-likeness (QED) is 0.840. The molecule has 0 radical (unpaired) electrons. The van der Waals surface area contributed by atoms with Crippen LogP contribution < -0.4 is 5.32 Å². The molecule has 3 rings (SSSR count). The predicted octanol–water partition coefficient (Wildman–Crippen LogP) is 3.26. The van der Waals surface area contributed by atoms with Crippen molar-refractivity contribution in [3.63, 3.8) is 0 Å². The molecular formula is C17H26N2O. The molecule has 0 spiro atoms. The van der Waals surface area contributed by atoms with Crippen molar-refractivity contribution < 1.29 is 4.79 Å². The predicted molar refractivity (Wildman–Crippen MR) is 77.6 cm³/mol. The van der Waals surface area contributed by atoms with Gasteiger partial charge in [0.15, 0.2) is 0 Å². The first-order valence-electron chi connectivity index (χ1n) is 7.96. The van der Waals surface area contributed by atoms with Gasteiger partial charge in [0.2, 0.25) is 5.91 Å². The summed E-state index contributed by atoms with van der Waals surface area (Å²) in [7, 11) is 0. The summed E-state index contributed by atoms with van der Waals surface area (Å²) in [6.07, 6.45) is 5.17. The molecule has 0 saturated heterocycles. The van der Waals surface area contributed by atoms with Gasteiger partial charge in [-0.05, 0) is 54.8 Å². The first kappa shape index (κ1) is 13.9. The van der Waals surface area contributed by atoms with Crippen molar-refractivity contribution in [3.8, 4) is 6.07 Å². The third-order valence-corrected chi connectivity index (χ3v) is 6.59. The van der Waals surface area contributed by atoms with Crippen LogP contribution in [0.3, 0.4) is 0 Å². The zero-order valence-electron chi connectivity index (χ0n) is 13.1. The second kappa shape index (κ2) is 4.00. The average Bonchev–Trinajstić information content (AvgIpc) is 2.81. The summed E-state index contributed by atoms with van der Waals surface area (Å²) < 4.78 is 0. The maximum Gasteiger partial charge on any atom is 0.240 e. The van der Waals surface area contributed by atoms with Crippen molar-refractivity contribution in [3.05, 3.63) is 0 Å². The van der Waals surface area contributed by atoms with Crippen molar-refractivity contribution in [1.29, 1.82) is 5.26 Å². The van der Waals surface area contributed by atoms with Crippen molar-refractivity contribution in [2.24, 2.45) is 28.1 Å². The zero-order chi connectivity index (χ0) is 14.8. The van der Waals surface area contributed by atoms with Gasteiger partial charge in [0.1, 0.15) is 5.41 Å². The number of rotatable bonds is 2. The number of fused-ring (bicyclic) bond motifs is 2. The minimum absolute atomic E-state index is 0.00931. The maximum atomic E-state index is 12.7. The monoisotopic (exact) mass is 274 g/mol. The molecule has 0 aromatic carbocycles. The lowest BCUT2D eigenvalue weighted by molar-refractivity contribution is -0.136. The van der Waals surface area contributed by atoms with Crippen molar-refractivity contribution in [1.82, 2.24) is 5.32 Å². The van der Waals surface area contributed by atoms with Gasteiger partial charge in [-0.3, -0.25) is 4.79 Å². The molecule has 0 heterocycles. The Hall–Kier alpha value is -1.04. The number of amides is 1. The molecule has 3 unspecified atom stereocenters. The Morgan fingerprint density at radius 2 is 1.90 bits per heavy atom. The molecule has 3 nitrogen and oxygen atoms in total. The fourth-order valence-electron chi connectivity index (χ4n) is 5.39. The van der Waals surface area contributed by atoms with Crippen LogP contribution in [0, 0.1) is 39.4 Å². The van der Waals surface area contributed by atoms with Crippen LogP contribution in [0.5, 0.6) is 0 Å². The van der Waals surface area contributed by atoms with E-state index in [2.05, 4.69) is 39.1 Å². The van der Waals surface area contributed by atoms with E-state index in [0.29, 0.717) is 5.92 Å². The van der Waals surface area contributed by atoms with E-state index in [1.54, 1.807) is 0 Å². The number of hydrogen-bond donors (Lipinski definition) is 1. The summed E-state index contributed by atoms with van der Waals surface area (Å²) in [5, 5.41) is 12.7. The molecule has 0 aromatic rings. The van der Waals surface area contributed by atoms with Gasteiger partial charge in [-0.2, -0.15) is 5.26 Å². The second-order valence-corrected chi connectivity index (χ2v) is 8.53. The molecule has 3 fully saturated rings. The first-order chi connectivity index (χ1) is 9.23. The van der Waals surface area contributed by atoms with Gasteiger partial charge in [0.05, 0.1) is 6.07 Å². The molecule has 3 aliphatic rings. The highest BCUT2D eigenvalue weighted by Crippen LogP contribution is 2.62. The van der Waals surface area contributed by atoms with Gasteiger partial charge in [-0.1, -0.05) is 27.7 Å². The summed E-state index contributed by atoms with van der Waals surface area (Å²) in [5.41, 5.74) is -0.349. The molecule has 0 aromatic heterocycles. The van der Waals surface area contributed by atoms with E-state index in [4.69, 9.17) is 0 Å². The molecule has 0 aliphatic heterocycles.